The highest BCUT2D eigenvalue weighted by Gasteiger charge is 1.99. The minimum Gasteiger partial charge on any atom is -0.262 e. The molecule has 0 saturated carbocycles. The van der Waals surface area contributed by atoms with Crippen molar-refractivity contribution in [3.8, 4) is 0 Å². The second-order valence-electron chi connectivity index (χ2n) is 2.64. The molecule has 2 nitrogen and oxygen atoms in total. The Morgan fingerprint density at radius 2 is 2.25 bits per heavy atom. The second kappa shape index (κ2) is 2.72. The van der Waals surface area contributed by atoms with E-state index in [1.807, 2.05) is 19.1 Å². The Balaban J connectivity index is 2.89. The average Bonchev–Trinajstić information content (AvgIpc) is 2.04. The molecule has 0 aromatic carbocycles. The van der Waals surface area contributed by atoms with Crippen LogP contribution in [0.25, 0.3) is 10.9 Å². The molecule has 0 fully saturated rings. The van der Waals surface area contributed by atoms with Crippen LogP contribution in [0, 0.1) is 6.92 Å². The van der Waals surface area contributed by atoms with Crippen molar-refractivity contribution < 1.29 is 0 Å². The third-order valence-corrected chi connectivity index (χ3v) is 2.00. The summed E-state index contributed by atoms with van der Waals surface area (Å²) >= 11 is 5.99. The van der Waals surface area contributed by atoms with Crippen LogP contribution in [0.4, 0.5) is 0 Å². The summed E-state index contributed by atoms with van der Waals surface area (Å²) < 4.78 is 0. The van der Waals surface area contributed by atoms with Crippen LogP contribution in [-0.4, -0.2) is 9.97 Å². The largest absolute Gasteiger partial charge is 0.262 e. The maximum atomic E-state index is 5.99. The third kappa shape index (κ3) is 1.14. The number of nitrogens with zero attached hydrogens (tertiary/aromatic N) is 2. The van der Waals surface area contributed by atoms with Gasteiger partial charge in [-0.2, -0.15) is 0 Å². The summed E-state index contributed by atoms with van der Waals surface area (Å²) in [6, 6.07) is 3.72. The first-order valence-corrected chi connectivity index (χ1v) is 4.02. The van der Waals surface area contributed by atoms with Gasteiger partial charge in [0.05, 0.1) is 16.7 Å². The zero-order valence-electron chi connectivity index (χ0n) is 6.58. The lowest BCUT2D eigenvalue weighted by atomic mass is 10.2. The Morgan fingerprint density at radius 1 is 1.42 bits per heavy atom. The zero-order chi connectivity index (χ0) is 8.55. The molecule has 2 heterocycles. The van der Waals surface area contributed by atoms with Crippen LogP contribution >= 0.6 is 11.6 Å². The van der Waals surface area contributed by atoms with Gasteiger partial charge in [0.25, 0.3) is 0 Å². The molecule has 0 N–H and O–H groups in total. The second-order valence-corrected chi connectivity index (χ2v) is 3.05. The van der Waals surface area contributed by atoms with Crippen LogP contribution in [0.5, 0.6) is 0 Å². The fraction of sp³-hybridized carbons (Fsp3) is 0.111. The molecule has 12 heavy (non-hydrogen) atoms. The monoisotopic (exact) mass is 178 g/mol. The molecule has 0 aliphatic heterocycles. The summed E-state index contributed by atoms with van der Waals surface area (Å²) in [6.07, 6.45) is 3.43. The van der Waals surface area contributed by atoms with Crippen LogP contribution in [0.1, 0.15) is 5.69 Å². The number of pyridine rings is 2. The lowest BCUT2D eigenvalue weighted by Gasteiger charge is -1.99. The van der Waals surface area contributed by atoms with Crippen LogP contribution < -0.4 is 0 Å². The van der Waals surface area contributed by atoms with E-state index in [9.17, 15) is 0 Å². The molecule has 0 aliphatic rings. The van der Waals surface area contributed by atoms with Gasteiger partial charge < -0.3 is 0 Å². The Morgan fingerprint density at radius 3 is 3.08 bits per heavy atom. The molecule has 0 atom stereocenters. The maximum Gasteiger partial charge on any atom is 0.0903 e. The number of aryl methyl sites for hydroxylation is 1. The number of rotatable bonds is 0. The van der Waals surface area contributed by atoms with Gasteiger partial charge in [0.15, 0.2) is 0 Å². The van der Waals surface area contributed by atoms with Crippen molar-refractivity contribution in [1.29, 1.82) is 0 Å². The van der Waals surface area contributed by atoms with Crippen molar-refractivity contribution >= 4 is 22.5 Å². The fourth-order valence-corrected chi connectivity index (χ4v) is 1.48. The van der Waals surface area contributed by atoms with Crippen LogP contribution in [0.3, 0.4) is 0 Å². The van der Waals surface area contributed by atoms with Crippen molar-refractivity contribution in [3.05, 3.63) is 35.2 Å². The molecule has 0 bridgehead atoms. The summed E-state index contributed by atoms with van der Waals surface area (Å²) in [6.45, 7) is 1.92. The van der Waals surface area contributed by atoms with E-state index in [0.717, 1.165) is 21.6 Å². The van der Waals surface area contributed by atoms with Crippen LogP contribution in [-0.2, 0) is 0 Å². The Hall–Kier alpha value is -1.15. The quantitative estimate of drug-likeness (QED) is 0.620. The highest BCUT2D eigenvalue weighted by atomic mass is 35.5. The molecule has 0 saturated heterocycles. The van der Waals surface area contributed by atoms with Crippen molar-refractivity contribution in [3.63, 3.8) is 0 Å². The first-order chi connectivity index (χ1) is 5.77. The van der Waals surface area contributed by atoms with Crippen molar-refractivity contribution in [2.45, 2.75) is 6.92 Å². The number of hydrogen-bond donors (Lipinski definition) is 0. The number of halogens is 1. The van der Waals surface area contributed by atoms with Gasteiger partial charge in [-0.25, -0.2) is 0 Å². The maximum absolute atomic E-state index is 5.99. The molecule has 0 spiro atoms. The van der Waals surface area contributed by atoms with Gasteiger partial charge in [-0.05, 0) is 19.1 Å². The number of hydrogen-bond acceptors (Lipinski definition) is 2. The Bertz CT molecular complexity index is 426. The van der Waals surface area contributed by atoms with E-state index in [-0.39, 0.29) is 0 Å². The van der Waals surface area contributed by atoms with Crippen LogP contribution in [0.2, 0.25) is 5.02 Å². The predicted octanol–water partition coefficient (Wildman–Crippen LogP) is 2.59. The summed E-state index contributed by atoms with van der Waals surface area (Å²) in [7, 11) is 0. The molecule has 0 amide bonds. The lowest BCUT2D eigenvalue weighted by molar-refractivity contribution is 1.23. The molecule has 2 aromatic heterocycles. The van der Waals surface area contributed by atoms with Crippen molar-refractivity contribution in [1.82, 2.24) is 9.97 Å². The number of fused-ring (bicyclic) bond motifs is 1. The molecule has 0 unspecified atom stereocenters. The Kier molecular flexibility index (Phi) is 1.70. The molecule has 60 valence electrons. The molecule has 2 aromatic rings. The van der Waals surface area contributed by atoms with Gasteiger partial charge in [0.1, 0.15) is 0 Å². The lowest BCUT2D eigenvalue weighted by Crippen LogP contribution is -1.84. The smallest absolute Gasteiger partial charge is 0.0903 e. The zero-order valence-corrected chi connectivity index (χ0v) is 7.34. The first kappa shape index (κ1) is 7.50. The predicted molar refractivity (Wildman–Crippen MR) is 49.3 cm³/mol. The average molecular weight is 179 g/mol. The van der Waals surface area contributed by atoms with Crippen molar-refractivity contribution in [2.75, 3.05) is 0 Å². The van der Waals surface area contributed by atoms with E-state index in [0.29, 0.717) is 0 Å². The topological polar surface area (TPSA) is 25.8 Å². The molecule has 0 aliphatic carbocycles. The fourth-order valence-electron chi connectivity index (χ4n) is 1.16. The summed E-state index contributed by atoms with van der Waals surface area (Å²) in [4.78, 5) is 8.26. The summed E-state index contributed by atoms with van der Waals surface area (Å²) in [5.74, 6) is 0. The van der Waals surface area contributed by atoms with E-state index in [1.54, 1.807) is 12.4 Å². The Labute approximate surface area is 75.2 Å². The summed E-state index contributed by atoms with van der Waals surface area (Å²) in [5.41, 5.74) is 1.77. The molecule has 2 rings (SSSR count). The van der Waals surface area contributed by atoms with Crippen molar-refractivity contribution in [2.24, 2.45) is 0 Å². The SMILES string of the molecule is Cc1cc(Cl)c2ccncc2n1. The number of aromatic nitrogens is 2. The van der Waals surface area contributed by atoms with Gasteiger partial charge >= 0.3 is 0 Å². The van der Waals surface area contributed by atoms with E-state index in [2.05, 4.69) is 9.97 Å². The minimum absolute atomic E-state index is 0.736. The normalized spacial score (nSPS) is 10.5. The van der Waals surface area contributed by atoms with E-state index < -0.39 is 0 Å². The summed E-state index contributed by atoms with van der Waals surface area (Å²) in [5, 5.41) is 1.69. The van der Waals surface area contributed by atoms with Gasteiger partial charge in [0.2, 0.25) is 0 Å². The molecule has 3 heteroatoms. The van der Waals surface area contributed by atoms with Gasteiger partial charge in [0, 0.05) is 17.3 Å². The molecular weight excluding hydrogens is 172 g/mol. The van der Waals surface area contributed by atoms with E-state index in [1.165, 1.54) is 0 Å². The highest BCUT2D eigenvalue weighted by molar-refractivity contribution is 6.35. The van der Waals surface area contributed by atoms with Gasteiger partial charge in [-0.1, -0.05) is 11.6 Å². The van der Waals surface area contributed by atoms with Crippen LogP contribution in [0.15, 0.2) is 24.5 Å². The van der Waals surface area contributed by atoms with Gasteiger partial charge in [-0.15, -0.1) is 0 Å². The van der Waals surface area contributed by atoms with E-state index >= 15 is 0 Å². The third-order valence-electron chi connectivity index (χ3n) is 1.69. The first-order valence-electron chi connectivity index (χ1n) is 3.64. The van der Waals surface area contributed by atoms with Gasteiger partial charge in [-0.3, -0.25) is 9.97 Å². The standard InChI is InChI=1S/C9H7ClN2/c1-6-4-8(10)7-2-3-11-5-9(7)12-6/h2-5H,1H3. The molecular formula is C9H7ClN2. The molecule has 0 radical (unpaired) electrons. The van der Waals surface area contributed by atoms with E-state index in [4.69, 9.17) is 11.6 Å². The highest BCUT2D eigenvalue weighted by Crippen LogP contribution is 2.21. The minimum atomic E-state index is 0.736.